The molecule has 1 aliphatic rings. The molecule has 0 unspecified atom stereocenters. The van der Waals surface area contributed by atoms with E-state index in [0.29, 0.717) is 6.04 Å². The van der Waals surface area contributed by atoms with E-state index in [-0.39, 0.29) is 5.82 Å². The quantitative estimate of drug-likeness (QED) is 0.756. The monoisotopic (exact) mass is 222 g/mol. The SMILES string of the molecule is C[C@H](c1ccc(F)cc1)N1CCN(C)CC1. The smallest absolute Gasteiger partial charge is 0.123 e. The van der Waals surface area contributed by atoms with Gasteiger partial charge in [0, 0.05) is 32.2 Å². The molecular formula is C13H19FN2. The van der Waals surface area contributed by atoms with Crippen molar-refractivity contribution in [3.05, 3.63) is 35.6 Å². The van der Waals surface area contributed by atoms with Crippen molar-refractivity contribution < 1.29 is 4.39 Å². The molecule has 0 spiro atoms. The van der Waals surface area contributed by atoms with Crippen molar-refractivity contribution in [3.63, 3.8) is 0 Å². The molecular weight excluding hydrogens is 203 g/mol. The Morgan fingerprint density at radius 1 is 1.06 bits per heavy atom. The largest absolute Gasteiger partial charge is 0.304 e. The van der Waals surface area contributed by atoms with Gasteiger partial charge in [0.2, 0.25) is 0 Å². The van der Waals surface area contributed by atoms with E-state index >= 15 is 0 Å². The molecule has 88 valence electrons. The van der Waals surface area contributed by atoms with Crippen molar-refractivity contribution in [2.75, 3.05) is 33.2 Å². The maximum Gasteiger partial charge on any atom is 0.123 e. The highest BCUT2D eigenvalue weighted by Crippen LogP contribution is 2.21. The van der Waals surface area contributed by atoms with Gasteiger partial charge in [-0.1, -0.05) is 12.1 Å². The lowest BCUT2D eigenvalue weighted by Crippen LogP contribution is -2.45. The van der Waals surface area contributed by atoms with E-state index in [2.05, 4.69) is 23.8 Å². The zero-order valence-electron chi connectivity index (χ0n) is 9.99. The van der Waals surface area contributed by atoms with Crippen LogP contribution in [0.15, 0.2) is 24.3 Å². The molecule has 0 amide bonds. The minimum absolute atomic E-state index is 0.158. The number of hydrogen-bond acceptors (Lipinski definition) is 2. The minimum atomic E-state index is -0.158. The molecule has 1 atom stereocenters. The van der Waals surface area contributed by atoms with Gasteiger partial charge in [0.25, 0.3) is 0 Å². The summed E-state index contributed by atoms with van der Waals surface area (Å²) in [7, 11) is 2.15. The summed E-state index contributed by atoms with van der Waals surface area (Å²) in [5.74, 6) is -0.158. The summed E-state index contributed by atoms with van der Waals surface area (Å²) in [5.41, 5.74) is 1.20. The van der Waals surface area contributed by atoms with Gasteiger partial charge in [0.1, 0.15) is 5.82 Å². The van der Waals surface area contributed by atoms with E-state index in [0.717, 1.165) is 26.2 Å². The number of nitrogens with zero attached hydrogens (tertiary/aromatic N) is 2. The van der Waals surface area contributed by atoms with Crippen LogP contribution in [0.1, 0.15) is 18.5 Å². The van der Waals surface area contributed by atoms with E-state index in [1.165, 1.54) is 5.56 Å². The minimum Gasteiger partial charge on any atom is -0.304 e. The molecule has 16 heavy (non-hydrogen) atoms. The fourth-order valence-corrected chi connectivity index (χ4v) is 2.16. The molecule has 1 aromatic carbocycles. The van der Waals surface area contributed by atoms with Gasteiger partial charge >= 0.3 is 0 Å². The zero-order chi connectivity index (χ0) is 11.5. The number of piperazine rings is 1. The summed E-state index contributed by atoms with van der Waals surface area (Å²) in [6, 6.07) is 7.25. The predicted molar refractivity (Wildman–Crippen MR) is 63.9 cm³/mol. The standard InChI is InChI=1S/C13H19FN2/c1-11(12-3-5-13(14)6-4-12)16-9-7-15(2)8-10-16/h3-6,11H,7-10H2,1-2H3/t11-/m1/s1. The lowest BCUT2D eigenvalue weighted by Gasteiger charge is -2.36. The zero-order valence-corrected chi connectivity index (χ0v) is 9.99. The molecule has 0 N–H and O–H groups in total. The van der Waals surface area contributed by atoms with Crippen molar-refractivity contribution in [1.29, 1.82) is 0 Å². The van der Waals surface area contributed by atoms with Crippen molar-refractivity contribution in [2.45, 2.75) is 13.0 Å². The van der Waals surface area contributed by atoms with Gasteiger partial charge < -0.3 is 4.90 Å². The first-order valence-corrected chi connectivity index (χ1v) is 5.85. The Morgan fingerprint density at radius 3 is 2.19 bits per heavy atom. The second-order valence-electron chi connectivity index (χ2n) is 4.57. The molecule has 0 radical (unpaired) electrons. The molecule has 2 rings (SSSR count). The van der Waals surface area contributed by atoms with Gasteiger partial charge in [0.15, 0.2) is 0 Å². The number of hydrogen-bond donors (Lipinski definition) is 0. The summed E-state index contributed by atoms with van der Waals surface area (Å²) >= 11 is 0. The topological polar surface area (TPSA) is 6.48 Å². The molecule has 0 aliphatic carbocycles. The van der Waals surface area contributed by atoms with Crippen LogP contribution in [0.3, 0.4) is 0 Å². The highest BCUT2D eigenvalue weighted by Gasteiger charge is 2.19. The number of halogens is 1. The fraction of sp³-hybridized carbons (Fsp3) is 0.538. The normalized spacial score (nSPS) is 20.9. The van der Waals surface area contributed by atoms with Crippen LogP contribution in [0.5, 0.6) is 0 Å². The summed E-state index contributed by atoms with van der Waals surface area (Å²) in [5, 5.41) is 0. The highest BCUT2D eigenvalue weighted by molar-refractivity contribution is 5.19. The van der Waals surface area contributed by atoms with Crippen molar-refractivity contribution in [2.24, 2.45) is 0 Å². The second kappa shape index (κ2) is 4.93. The average molecular weight is 222 g/mol. The van der Waals surface area contributed by atoms with E-state index in [9.17, 15) is 4.39 Å². The molecule has 2 nitrogen and oxygen atoms in total. The van der Waals surface area contributed by atoms with Crippen molar-refractivity contribution in [3.8, 4) is 0 Å². The van der Waals surface area contributed by atoms with E-state index in [1.807, 2.05) is 12.1 Å². The van der Waals surface area contributed by atoms with Crippen LogP contribution in [0, 0.1) is 5.82 Å². The summed E-state index contributed by atoms with van der Waals surface area (Å²) < 4.78 is 12.8. The van der Waals surface area contributed by atoms with Gasteiger partial charge in [0.05, 0.1) is 0 Å². The Balaban J connectivity index is 2.01. The molecule has 1 fully saturated rings. The first-order chi connectivity index (χ1) is 7.66. The molecule has 3 heteroatoms. The maximum atomic E-state index is 12.8. The second-order valence-corrected chi connectivity index (χ2v) is 4.57. The van der Waals surface area contributed by atoms with Crippen LogP contribution >= 0.6 is 0 Å². The molecule has 0 aromatic heterocycles. The lowest BCUT2D eigenvalue weighted by atomic mass is 10.1. The lowest BCUT2D eigenvalue weighted by molar-refractivity contribution is 0.119. The Kier molecular flexibility index (Phi) is 3.56. The van der Waals surface area contributed by atoms with Gasteiger partial charge in [-0.25, -0.2) is 4.39 Å². The number of likely N-dealkylation sites (N-methyl/N-ethyl adjacent to an activating group) is 1. The molecule has 1 saturated heterocycles. The third kappa shape index (κ3) is 2.60. The van der Waals surface area contributed by atoms with Gasteiger partial charge in [-0.15, -0.1) is 0 Å². The highest BCUT2D eigenvalue weighted by atomic mass is 19.1. The van der Waals surface area contributed by atoms with Crippen LogP contribution in [0.25, 0.3) is 0 Å². The number of benzene rings is 1. The van der Waals surface area contributed by atoms with Crippen molar-refractivity contribution >= 4 is 0 Å². The van der Waals surface area contributed by atoms with E-state index in [4.69, 9.17) is 0 Å². The third-order valence-electron chi connectivity index (χ3n) is 3.44. The van der Waals surface area contributed by atoms with E-state index < -0.39 is 0 Å². The molecule has 1 aromatic rings. The summed E-state index contributed by atoms with van der Waals surface area (Å²) in [6.07, 6.45) is 0. The Hall–Kier alpha value is -0.930. The third-order valence-corrected chi connectivity index (χ3v) is 3.44. The van der Waals surface area contributed by atoms with Gasteiger partial charge in [-0.05, 0) is 31.7 Å². The molecule has 0 saturated carbocycles. The van der Waals surface area contributed by atoms with Crippen molar-refractivity contribution in [1.82, 2.24) is 9.80 Å². The van der Waals surface area contributed by atoms with Crippen LogP contribution in [-0.2, 0) is 0 Å². The Bertz CT molecular complexity index is 328. The summed E-state index contributed by atoms with van der Waals surface area (Å²) in [4.78, 5) is 4.79. The van der Waals surface area contributed by atoms with Crippen LogP contribution in [0.4, 0.5) is 4.39 Å². The molecule has 0 bridgehead atoms. The Labute approximate surface area is 96.7 Å². The summed E-state index contributed by atoms with van der Waals surface area (Å²) in [6.45, 7) is 6.61. The number of rotatable bonds is 2. The van der Waals surface area contributed by atoms with E-state index in [1.54, 1.807) is 12.1 Å². The maximum absolute atomic E-state index is 12.8. The van der Waals surface area contributed by atoms with Gasteiger partial charge in [-0.2, -0.15) is 0 Å². The average Bonchev–Trinajstić information content (AvgIpc) is 2.30. The molecule has 1 heterocycles. The first-order valence-electron chi connectivity index (χ1n) is 5.85. The van der Waals surface area contributed by atoms with Crippen LogP contribution in [0.2, 0.25) is 0 Å². The molecule has 1 aliphatic heterocycles. The van der Waals surface area contributed by atoms with Crippen LogP contribution in [-0.4, -0.2) is 43.0 Å². The first kappa shape index (κ1) is 11.6. The predicted octanol–water partition coefficient (Wildman–Crippen LogP) is 2.13. The van der Waals surface area contributed by atoms with Gasteiger partial charge in [-0.3, -0.25) is 4.90 Å². The van der Waals surface area contributed by atoms with Crippen LogP contribution < -0.4 is 0 Å². The fourth-order valence-electron chi connectivity index (χ4n) is 2.16. The Morgan fingerprint density at radius 2 is 1.62 bits per heavy atom.